The van der Waals surface area contributed by atoms with Crippen LogP contribution in [0.4, 0.5) is 5.69 Å². The van der Waals surface area contributed by atoms with Crippen LogP contribution in [0.3, 0.4) is 0 Å². The van der Waals surface area contributed by atoms with E-state index in [0.29, 0.717) is 37.3 Å². The molecule has 2 rings (SSSR count). The van der Waals surface area contributed by atoms with E-state index in [0.717, 1.165) is 0 Å². The minimum absolute atomic E-state index is 0.346. The van der Waals surface area contributed by atoms with Gasteiger partial charge in [-0.15, -0.1) is 0 Å². The average Bonchev–Trinajstić information content (AvgIpc) is 2.30. The summed E-state index contributed by atoms with van der Waals surface area (Å²) in [6.45, 7) is 0. The van der Waals surface area contributed by atoms with Gasteiger partial charge in [0.05, 0.1) is 20.8 Å². The van der Waals surface area contributed by atoms with E-state index in [9.17, 15) is 0 Å². The van der Waals surface area contributed by atoms with E-state index >= 15 is 0 Å². The molecule has 0 saturated heterocycles. The molecule has 2 N–H and O–H groups in total. The SMILES string of the molecule is Nc1cc(Cl)c(Cl)cc1Oc1cc(Cl)ccc1Cl. The Morgan fingerprint density at radius 3 is 2.17 bits per heavy atom. The average molecular weight is 323 g/mol. The van der Waals surface area contributed by atoms with Crippen molar-refractivity contribution in [2.24, 2.45) is 0 Å². The minimum atomic E-state index is 0.346. The van der Waals surface area contributed by atoms with Crippen LogP contribution in [0.2, 0.25) is 20.1 Å². The Bertz CT molecular complexity index is 601. The van der Waals surface area contributed by atoms with Gasteiger partial charge in [-0.1, -0.05) is 46.4 Å². The van der Waals surface area contributed by atoms with Crippen LogP contribution in [0.15, 0.2) is 30.3 Å². The predicted octanol–water partition coefficient (Wildman–Crippen LogP) is 5.67. The molecule has 0 spiro atoms. The van der Waals surface area contributed by atoms with Gasteiger partial charge < -0.3 is 10.5 Å². The maximum Gasteiger partial charge on any atom is 0.151 e. The van der Waals surface area contributed by atoms with E-state index in [4.69, 9.17) is 56.9 Å². The molecule has 18 heavy (non-hydrogen) atoms. The van der Waals surface area contributed by atoms with E-state index < -0.39 is 0 Å². The van der Waals surface area contributed by atoms with Crippen molar-refractivity contribution in [3.8, 4) is 11.5 Å². The molecule has 6 heteroatoms. The smallest absolute Gasteiger partial charge is 0.151 e. The Morgan fingerprint density at radius 1 is 0.778 bits per heavy atom. The van der Waals surface area contributed by atoms with Gasteiger partial charge in [-0.3, -0.25) is 0 Å². The summed E-state index contributed by atoms with van der Waals surface area (Å²) in [4.78, 5) is 0. The summed E-state index contributed by atoms with van der Waals surface area (Å²) in [5.41, 5.74) is 6.14. The van der Waals surface area contributed by atoms with Crippen molar-refractivity contribution in [3.05, 3.63) is 50.4 Å². The first-order valence-corrected chi connectivity index (χ1v) is 6.36. The molecular weight excluding hydrogens is 316 g/mol. The van der Waals surface area contributed by atoms with Crippen LogP contribution in [0.25, 0.3) is 0 Å². The van der Waals surface area contributed by atoms with Gasteiger partial charge >= 0.3 is 0 Å². The fraction of sp³-hybridized carbons (Fsp3) is 0. The van der Waals surface area contributed by atoms with E-state index in [1.807, 2.05) is 0 Å². The minimum Gasteiger partial charge on any atom is -0.454 e. The summed E-state index contributed by atoms with van der Waals surface area (Å²) in [6, 6.07) is 7.92. The van der Waals surface area contributed by atoms with Crippen molar-refractivity contribution in [1.82, 2.24) is 0 Å². The largest absolute Gasteiger partial charge is 0.454 e. The summed E-state index contributed by atoms with van der Waals surface area (Å²) in [5, 5.41) is 1.63. The molecular formula is C12H7Cl4NO. The summed E-state index contributed by atoms with van der Waals surface area (Å²) in [6.07, 6.45) is 0. The van der Waals surface area contributed by atoms with Crippen LogP contribution in [-0.2, 0) is 0 Å². The Balaban J connectivity index is 2.40. The number of hydrogen-bond donors (Lipinski definition) is 1. The van der Waals surface area contributed by atoms with Crippen molar-refractivity contribution < 1.29 is 4.74 Å². The molecule has 0 radical (unpaired) electrons. The lowest BCUT2D eigenvalue weighted by molar-refractivity contribution is 0.485. The fourth-order valence-corrected chi connectivity index (χ4v) is 1.95. The summed E-state index contributed by atoms with van der Waals surface area (Å²) >= 11 is 23.6. The predicted molar refractivity (Wildman–Crippen MR) is 77.4 cm³/mol. The summed E-state index contributed by atoms with van der Waals surface area (Å²) < 4.78 is 5.57. The van der Waals surface area contributed by atoms with Crippen LogP contribution in [-0.4, -0.2) is 0 Å². The molecule has 0 aliphatic heterocycles. The lowest BCUT2D eigenvalue weighted by Gasteiger charge is -2.11. The number of nitrogens with two attached hydrogens (primary N) is 1. The Morgan fingerprint density at radius 2 is 1.44 bits per heavy atom. The molecule has 0 amide bonds. The molecule has 2 aromatic carbocycles. The maximum atomic E-state index is 5.99. The van der Waals surface area contributed by atoms with Crippen molar-refractivity contribution in [3.63, 3.8) is 0 Å². The maximum absolute atomic E-state index is 5.99. The van der Waals surface area contributed by atoms with Gasteiger partial charge in [0.2, 0.25) is 0 Å². The molecule has 0 saturated carbocycles. The first-order valence-electron chi connectivity index (χ1n) is 4.85. The number of anilines is 1. The van der Waals surface area contributed by atoms with Crippen molar-refractivity contribution in [1.29, 1.82) is 0 Å². The third kappa shape index (κ3) is 2.96. The zero-order valence-corrected chi connectivity index (χ0v) is 11.9. The number of halogens is 4. The second-order valence-electron chi connectivity index (χ2n) is 3.48. The lowest BCUT2D eigenvalue weighted by Crippen LogP contribution is -1.93. The van der Waals surface area contributed by atoms with Gasteiger partial charge in [0, 0.05) is 17.2 Å². The van der Waals surface area contributed by atoms with Gasteiger partial charge in [0.1, 0.15) is 5.75 Å². The normalized spacial score (nSPS) is 10.4. The quantitative estimate of drug-likeness (QED) is 0.722. The Hall–Kier alpha value is -0.800. The number of hydrogen-bond acceptors (Lipinski definition) is 2. The Labute approximate surface area is 124 Å². The number of benzene rings is 2. The number of nitrogen functional groups attached to an aromatic ring is 1. The van der Waals surface area contributed by atoms with Crippen LogP contribution in [0, 0.1) is 0 Å². The molecule has 0 heterocycles. The second kappa shape index (κ2) is 5.45. The van der Waals surface area contributed by atoms with Crippen molar-refractivity contribution in [2.75, 3.05) is 5.73 Å². The zero-order valence-electron chi connectivity index (χ0n) is 8.88. The van der Waals surface area contributed by atoms with Crippen molar-refractivity contribution >= 4 is 52.1 Å². The van der Waals surface area contributed by atoms with Crippen LogP contribution in [0.1, 0.15) is 0 Å². The van der Waals surface area contributed by atoms with Crippen LogP contribution < -0.4 is 10.5 Å². The summed E-state index contributed by atoms with van der Waals surface area (Å²) in [7, 11) is 0. The summed E-state index contributed by atoms with van der Waals surface area (Å²) in [5.74, 6) is 0.767. The fourth-order valence-electron chi connectivity index (χ4n) is 1.31. The van der Waals surface area contributed by atoms with Crippen LogP contribution in [0.5, 0.6) is 11.5 Å². The number of rotatable bonds is 2. The molecule has 0 bridgehead atoms. The molecule has 0 atom stereocenters. The highest BCUT2D eigenvalue weighted by Crippen LogP contribution is 2.38. The van der Waals surface area contributed by atoms with Gasteiger partial charge in [-0.05, 0) is 18.2 Å². The van der Waals surface area contributed by atoms with Gasteiger partial charge in [-0.25, -0.2) is 0 Å². The van der Waals surface area contributed by atoms with Crippen molar-refractivity contribution in [2.45, 2.75) is 0 Å². The molecule has 0 fully saturated rings. The van der Waals surface area contributed by atoms with E-state index in [1.165, 1.54) is 12.1 Å². The first kappa shape index (κ1) is 13.6. The van der Waals surface area contributed by atoms with E-state index in [1.54, 1.807) is 18.2 Å². The number of ether oxygens (including phenoxy) is 1. The third-order valence-corrected chi connectivity index (χ3v) is 3.44. The standard InChI is InChI=1S/C12H7Cl4NO/c13-6-1-2-7(14)11(3-6)18-12-5-9(16)8(15)4-10(12)17/h1-5H,17H2. The molecule has 0 aliphatic rings. The van der Waals surface area contributed by atoms with Gasteiger partial charge in [-0.2, -0.15) is 0 Å². The van der Waals surface area contributed by atoms with E-state index in [-0.39, 0.29) is 0 Å². The second-order valence-corrected chi connectivity index (χ2v) is 5.14. The highest BCUT2D eigenvalue weighted by molar-refractivity contribution is 6.42. The van der Waals surface area contributed by atoms with Gasteiger partial charge in [0.25, 0.3) is 0 Å². The highest BCUT2D eigenvalue weighted by Gasteiger charge is 2.10. The third-order valence-electron chi connectivity index (χ3n) is 2.17. The molecule has 2 aromatic rings. The van der Waals surface area contributed by atoms with Crippen LogP contribution >= 0.6 is 46.4 Å². The topological polar surface area (TPSA) is 35.2 Å². The van der Waals surface area contributed by atoms with Gasteiger partial charge in [0.15, 0.2) is 5.75 Å². The first-order chi connectivity index (χ1) is 8.47. The molecule has 0 aromatic heterocycles. The van der Waals surface area contributed by atoms with E-state index in [2.05, 4.69) is 0 Å². The Kier molecular flexibility index (Phi) is 4.13. The highest BCUT2D eigenvalue weighted by atomic mass is 35.5. The molecule has 0 unspecified atom stereocenters. The monoisotopic (exact) mass is 321 g/mol. The molecule has 2 nitrogen and oxygen atoms in total. The lowest BCUT2D eigenvalue weighted by atomic mass is 10.3. The molecule has 0 aliphatic carbocycles. The molecule has 94 valence electrons. The zero-order chi connectivity index (χ0) is 13.3.